The number of nitrogens with zero attached hydrogens (tertiary/aromatic N) is 2. The summed E-state index contributed by atoms with van der Waals surface area (Å²) in [4.78, 5) is 15.4. The van der Waals surface area contributed by atoms with E-state index < -0.39 is 6.10 Å². The van der Waals surface area contributed by atoms with Crippen molar-refractivity contribution in [3.63, 3.8) is 0 Å². The number of aromatic nitrogens is 2. The first-order chi connectivity index (χ1) is 12.2. The first-order valence-corrected chi connectivity index (χ1v) is 9.95. The average Bonchev–Trinajstić information content (AvgIpc) is 3.38. The molecule has 0 aliphatic rings. The fourth-order valence-corrected chi connectivity index (χ4v) is 4.74. The molecule has 0 saturated heterocycles. The summed E-state index contributed by atoms with van der Waals surface area (Å²) >= 11 is 4.33. The molecule has 0 bridgehead atoms. The molecule has 0 aliphatic carbocycles. The van der Waals surface area contributed by atoms with Gasteiger partial charge < -0.3 is 10.4 Å². The number of nitrogens with one attached hydrogen (secondary N) is 1. The van der Waals surface area contributed by atoms with Gasteiger partial charge in [-0.2, -0.15) is 8.75 Å². The third kappa shape index (κ3) is 3.47. The van der Waals surface area contributed by atoms with Gasteiger partial charge in [0.05, 0.1) is 11.7 Å². The topological polar surface area (TPSA) is 75.1 Å². The Labute approximate surface area is 155 Å². The predicted octanol–water partition coefficient (Wildman–Crippen LogP) is 3.94. The van der Waals surface area contributed by atoms with Gasteiger partial charge in [-0.3, -0.25) is 4.79 Å². The van der Waals surface area contributed by atoms with Crippen molar-refractivity contribution in [2.24, 2.45) is 0 Å². The second-order valence-electron chi connectivity index (χ2n) is 5.37. The number of aliphatic hydroxyl groups is 1. The Morgan fingerprint density at radius 3 is 2.84 bits per heavy atom. The summed E-state index contributed by atoms with van der Waals surface area (Å²) in [6.45, 7) is 0.163. The molecule has 4 aromatic rings. The van der Waals surface area contributed by atoms with Crippen molar-refractivity contribution in [1.82, 2.24) is 14.1 Å². The summed E-state index contributed by atoms with van der Waals surface area (Å²) in [5, 5.41) is 15.1. The van der Waals surface area contributed by atoms with Crippen LogP contribution < -0.4 is 5.32 Å². The highest BCUT2D eigenvalue weighted by molar-refractivity contribution is 7.21. The number of carbonyl (C=O) groups is 1. The monoisotopic (exact) mass is 387 g/mol. The summed E-state index contributed by atoms with van der Waals surface area (Å²) in [7, 11) is 0. The fourth-order valence-electron chi connectivity index (χ4n) is 2.40. The van der Waals surface area contributed by atoms with Crippen LogP contribution in [0.3, 0.4) is 0 Å². The maximum absolute atomic E-state index is 12.3. The zero-order valence-corrected chi connectivity index (χ0v) is 15.3. The molecular weight excluding hydrogens is 374 g/mol. The molecule has 3 heterocycles. The number of thiophene rings is 2. The molecule has 1 aromatic carbocycles. The highest BCUT2D eigenvalue weighted by Crippen LogP contribution is 2.33. The maximum Gasteiger partial charge on any atom is 0.251 e. The lowest BCUT2D eigenvalue weighted by Crippen LogP contribution is -2.28. The molecule has 0 unspecified atom stereocenters. The van der Waals surface area contributed by atoms with E-state index in [2.05, 4.69) is 20.1 Å². The lowest BCUT2D eigenvalue weighted by molar-refractivity contribution is 0.0918. The standard InChI is InChI=1S/C17H13N3O2S3/c21-13(14-5-6-16(24-14)15-2-1-7-23-15)9-18-17(22)10-3-4-11-12(8-10)20-25-19-11/h1-8,13,21H,9H2,(H,18,22)/t13-/m0/s1. The van der Waals surface area contributed by atoms with Crippen LogP contribution in [0.1, 0.15) is 21.3 Å². The Morgan fingerprint density at radius 2 is 2.00 bits per heavy atom. The molecule has 0 aliphatic heterocycles. The quantitative estimate of drug-likeness (QED) is 0.544. The van der Waals surface area contributed by atoms with Crippen molar-refractivity contribution in [2.75, 3.05) is 6.54 Å². The van der Waals surface area contributed by atoms with E-state index in [-0.39, 0.29) is 12.5 Å². The molecule has 0 fully saturated rings. The molecule has 8 heteroatoms. The molecule has 25 heavy (non-hydrogen) atoms. The molecule has 1 atom stereocenters. The molecule has 126 valence electrons. The number of fused-ring (bicyclic) bond motifs is 1. The zero-order chi connectivity index (χ0) is 17.2. The van der Waals surface area contributed by atoms with Gasteiger partial charge in [0.2, 0.25) is 0 Å². The van der Waals surface area contributed by atoms with Gasteiger partial charge in [0, 0.05) is 26.7 Å². The van der Waals surface area contributed by atoms with E-state index in [0.717, 1.165) is 27.0 Å². The van der Waals surface area contributed by atoms with Gasteiger partial charge in [-0.15, -0.1) is 22.7 Å². The largest absolute Gasteiger partial charge is 0.386 e. The lowest BCUT2D eigenvalue weighted by Gasteiger charge is -2.10. The smallest absolute Gasteiger partial charge is 0.251 e. The van der Waals surface area contributed by atoms with Crippen molar-refractivity contribution in [3.05, 3.63) is 58.3 Å². The van der Waals surface area contributed by atoms with Gasteiger partial charge in [-0.05, 0) is 41.8 Å². The minimum Gasteiger partial charge on any atom is -0.386 e. The van der Waals surface area contributed by atoms with Crippen LogP contribution in [0.4, 0.5) is 0 Å². The van der Waals surface area contributed by atoms with E-state index in [0.29, 0.717) is 11.1 Å². The molecule has 0 saturated carbocycles. The van der Waals surface area contributed by atoms with Gasteiger partial charge in [0.15, 0.2) is 0 Å². The molecule has 0 spiro atoms. The second kappa shape index (κ2) is 7.01. The number of rotatable bonds is 5. The minimum atomic E-state index is -0.729. The van der Waals surface area contributed by atoms with Crippen molar-refractivity contribution >= 4 is 51.3 Å². The van der Waals surface area contributed by atoms with Gasteiger partial charge in [-0.25, -0.2) is 0 Å². The normalized spacial score (nSPS) is 12.4. The highest BCUT2D eigenvalue weighted by atomic mass is 32.1. The van der Waals surface area contributed by atoms with Crippen molar-refractivity contribution in [3.8, 4) is 9.75 Å². The fraction of sp³-hybridized carbons (Fsp3) is 0.118. The molecule has 2 N–H and O–H groups in total. The summed E-state index contributed by atoms with van der Waals surface area (Å²) in [6.07, 6.45) is -0.729. The molecule has 3 aromatic heterocycles. The number of carbonyl (C=O) groups excluding carboxylic acids is 1. The molecule has 1 amide bonds. The van der Waals surface area contributed by atoms with Crippen LogP contribution in [0.2, 0.25) is 0 Å². The zero-order valence-electron chi connectivity index (χ0n) is 12.9. The SMILES string of the molecule is O=C(NC[C@H](O)c1ccc(-c2cccs2)s1)c1ccc2nsnc2c1. The number of amides is 1. The molecule has 5 nitrogen and oxygen atoms in total. The summed E-state index contributed by atoms with van der Waals surface area (Å²) in [6, 6.07) is 13.2. The summed E-state index contributed by atoms with van der Waals surface area (Å²) in [5.41, 5.74) is 2.00. The van der Waals surface area contributed by atoms with Gasteiger partial charge in [-0.1, -0.05) is 6.07 Å². The van der Waals surface area contributed by atoms with Crippen molar-refractivity contribution < 1.29 is 9.90 Å². The third-order valence-corrected chi connectivity index (χ3v) is 6.50. The Hall–Kier alpha value is -2.13. The van der Waals surface area contributed by atoms with Crippen LogP contribution in [-0.2, 0) is 0 Å². The second-order valence-corrected chi connectivity index (χ2v) is 7.96. The lowest BCUT2D eigenvalue weighted by atomic mass is 10.2. The number of benzene rings is 1. The van der Waals surface area contributed by atoms with Crippen molar-refractivity contribution in [1.29, 1.82) is 0 Å². The first kappa shape index (κ1) is 16.3. The predicted molar refractivity (Wildman–Crippen MR) is 102 cm³/mol. The van der Waals surface area contributed by atoms with Gasteiger partial charge in [0.25, 0.3) is 5.91 Å². The van der Waals surface area contributed by atoms with E-state index in [1.807, 2.05) is 23.6 Å². The Bertz CT molecular complexity index is 1010. The number of hydrogen-bond acceptors (Lipinski definition) is 7. The van der Waals surface area contributed by atoms with Crippen LogP contribution in [0.25, 0.3) is 20.8 Å². The minimum absolute atomic E-state index is 0.163. The Morgan fingerprint density at radius 1 is 1.12 bits per heavy atom. The van der Waals surface area contributed by atoms with Crippen LogP contribution in [0.5, 0.6) is 0 Å². The van der Waals surface area contributed by atoms with Crippen LogP contribution >= 0.6 is 34.4 Å². The van der Waals surface area contributed by atoms with E-state index in [9.17, 15) is 9.90 Å². The summed E-state index contributed by atoms with van der Waals surface area (Å²) in [5.74, 6) is -0.232. The molecule has 4 rings (SSSR count). The van der Waals surface area contributed by atoms with Crippen molar-refractivity contribution in [2.45, 2.75) is 6.10 Å². The van der Waals surface area contributed by atoms with Crippen LogP contribution in [-0.4, -0.2) is 26.3 Å². The Kier molecular flexibility index (Phi) is 4.58. The summed E-state index contributed by atoms with van der Waals surface area (Å²) < 4.78 is 8.25. The van der Waals surface area contributed by atoms with E-state index in [1.54, 1.807) is 40.9 Å². The number of hydrogen-bond donors (Lipinski definition) is 2. The average molecular weight is 388 g/mol. The number of aliphatic hydroxyl groups excluding tert-OH is 1. The molecular formula is C17H13N3O2S3. The first-order valence-electron chi connectivity index (χ1n) is 7.53. The van der Waals surface area contributed by atoms with Crippen LogP contribution in [0.15, 0.2) is 47.8 Å². The third-order valence-electron chi connectivity index (χ3n) is 3.69. The van der Waals surface area contributed by atoms with Crippen LogP contribution in [0, 0.1) is 0 Å². The van der Waals surface area contributed by atoms with E-state index in [1.165, 1.54) is 4.88 Å². The van der Waals surface area contributed by atoms with E-state index >= 15 is 0 Å². The maximum atomic E-state index is 12.3. The highest BCUT2D eigenvalue weighted by Gasteiger charge is 2.14. The van der Waals surface area contributed by atoms with Gasteiger partial charge in [0.1, 0.15) is 17.1 Å². The Balaban J connectivity index is 1.41. The van der Waals surface area contributed by atoms with Gasteiger partial charge >= 0.3 is 0 Å². The molecule has 0 radical (unpaired) electrons. The van der Waals surface area contributed by atoms with E-state index in [4.69, 9.17) is 0 Å².